The Hall–Kier alpha value is -2.86. The molecule has 6 nitrogen and oxygen atoms in total. The van der Waals surface area contributed by atoms with E-state index in [0.717, 1.165) is 18.9 Å². The highest BCUT2D eigenvalue weighted by Crippen LogP contribution is 1.89. The molecule has 0 heterocycles. The van der Waals surface area contributed by atoms with Crippen LogP contribution in [0.3, 0.4) is 0 Å². The van der Waals surface area contributed by atoms with Crippen molar-refractivity contribution in [2.45, 2.75) is 26.7 Å². The highest BCUT2D eigenvalue weighted by molar-refractivity contribution is 5.69. The first kappa shape index (κ1) is 22.3. The maximum absolute atomic E-state index is 10.3. The monoisotopic (exact) mass is 278 g/mol. The van der Waals surface area contributed by atoms with Crippen molar-refractivity contribution in [3.63, 3.8) is 0 Å². The average molecular weight is 278 g/mol. The molecule has 0 aromatic carbocycles. The van der Waals surface area contributed by atoms with E-state index in [4.69, 9.17) is 10.5 Å². The number of esters is 2. The van der Waals surface area contributed by atoms with Gasteiger partial charge in [0.05, 0.1) is 12.5 Å². The van der Waals surface area contributed by atoms with Gasteiger partial charge in [-0.25, -0.2) is 0 Å². The Labute approximate surface area is 119 Å². The number of hydrogen-bond donors (Lipinski definition) is 0. The van der Waals surface area contributed by atoms with Crippen LogP contribution in [0.1, 0.15) is 26.7 Å². The summed E-state index contributed by atoms with van der Waals surface area (Å²) in [6.07, 6.45) is 3.55. The minimum atomic E-state index is -0.329. The number of carbonyl (C=O) groups excluding carboxylic acids is 2. The van der Waals surface area contributed by atoms with Gasteiger partial charge in [-0.2, -0.15) is 10.5 Å². The molecule has 0 spiro atoms. The highest BCUT2D eigenvalue weighted by atomic mass is 16.5. The van der Waals surface area contributed by atoms with E-state index in [1.807, 2.05) is 6.92 Å². The fraction of sp³-hybridized carbons (Fsp3) is 0.286. The van der Waals surface area contributed by atoms with Gasteiger partial charge in [0.1, 0.15) is 17.7 Å². The molecular weight excluding hydrogens is 260 g/mol. The maximum Gasteiger partial charge on any atom is 0.310 e. The van der Waals surface area contributed by atoms with Crippen molar-refractivity contribution in [2.75, 3.05) is 0 Å². The van der Waals surface area contributed by atoms with E-state index >= 15 is 0 Å². The predicted octanol–water partition coefficient (Wildman–Crippen LogP) is 2.76. The molecular formula is C14H18N2O4. The second-order valence-electron chi connectivity index (χ2n) is 2.88. The number of ether oxygens (including phenoxy) is 2. The summed E-state index contributed by atoms with van der Waals surface area (Å²) in [6.45, 7) is 12.7. The molecule has 0 bridgehead atoms. The van der Waals surface area contributed by atoms with Crippen LogP contribution in [0.2, 0.25) is 0 Å². The SMILES string of the molecule is C=C(C#N)C#N.C=COC(=O)CCC.C=COC(C)=O. The van der Waals surface area contributed by atoms with Gasteiger partial charge >= 0.3 is 11.9 Å². The predicted molar refractivity (Wildman–Crippen MR) is 73.5 cm³/mol. The zero-order valence-corrected chi connectivity index (χ0v) is 11.7. The molecule has 20 heavy (non-hydrogen) atoms. The minimum Gasteiger partial charge on any atom is -0.435 e. The van der Waals surface area contributed by atoms with Gasteiger partial charge in [0.15, 0.2) is 0 Å². The van der Waals surface area contributed by atoms with Crippen LogP contribution in [0.25, 0.3) is 0 Å². The Bertz CT molecular complexity index is 398. The topological polar surface area (TPSA) is 100 Å². The molecule has 0 saturated carbocycles. The lowest BCUT2D eigenvalue weighted by Gasteiger charge is -1.92. The first-order chi connectivity index (χ1) is 9.39. The summed E-state index contributed by atoms with van der Waals surface area (Å²) in [6, 6.07) is 3.12. The fourth-order valence-electron chi connectivity index (χ4n) is 0.498. The van der Waals surface area contributed by atoms with Crippen LogP contribution >= 0.6 is 0 Å². The highest BCUT2D eigenvalue weighted by Gasteiger charge is 1.94. The Kier molecular flexibility index (Phi) is 20.7. The molecule has 0 saturated heterocycles. The van der Waals surface area contributed by atoms with E-state index in [9.17, 15) is 9.59 Å². The molecule has 0 aromatic rings. The Morgan fingerprint density at radius 2 is 1.60 bits per heavy atom. The number of carbonyl (C=O) groups is 2. The summed E-state index contributed by atoms with van der Waals surface area (Å²) < 4.78 is 8.57. The largest absolute Gasteiger partial charge is 0.435 e. The Morgan fingerprint density at radius 3 is 1.75 bits per heavy atom. The molecule has 0 unspecified atom stereocenters. The van der Waals surface area contributed by atoms with E-state index < -0.39 is 0 Å². The molecule has 0 atom stereocenters. The average Bonchev–Trinajstić information content (AvgIpc) is 2.39. The first-order valence-electron chi connectivity index (χ1n) is 5.47. The van der Waals surface area contributed by atoms with E-state index in [0.29, 0.717) is 6.42 Å². The lowest BCUT2D eigenvalue weighted by atomic mass is 10.3. The molecule has 0 N–H and O–H groups in total. The normalized spacial score (nSPS) is 6.80. The molecule has 6 heteroatoms. The maximum atomic E-state index is 10.3. The Morgan fingerprint density at radius 1 is 1.15 bits per heavy atom. The van der Waals surface area contributed by atoms with Gasteiger partial charge in [-0.05, 0) is 6.42 Å². The number of hydrogen-bond acceptors (Lipinski definition) is 6. The number of nitrogens with zero attached hydrogens (tertiary/aromatic N) is 2. The lowest BCUT2D eigenvalue weighted by molar-refractivity contribution is -0.138. The summed E-state index contributed by atoms with van der Waals surface area (Å²) >= 11 is 0. The molecule has 0 radical (unpaired) electrons. The summed E-state index contributed by atoms with van der Waals surface area (Å²) in [5.41, 5.74) is -0.0463. The summed E-state index contributed by atoms with van der Waals surface area (Å²) in [4.78, 5) is 20.1. The third-order valence-electron chi connectivity index (χ3n) is 1.19. The van der Waals surface area contributed by atoms with Gasteiger partial charge in [-0.15, -0.1) is 0 Å². The zero-order valence-electron chi connectivity index (χ0n) is 11.7. The third-order valence-corrected chi connectivity index (χ3v) is 1.19. The number of allylic oxidation sites excluding steroid dienone is 1. The van der Waals surface area contributed by atoms with Crippen molar-refractivity contribution in [1.82, 2.24) is 0 Å². The van der Waals surface area contributed by atoms with Crippen molar-refractivity contribution < 1.29 is 19.1 Å². The minimum absolute atomic E-state index is 0.0463. The summed E-state index contributed by atoms with van der Waals surface area (Å²) in [7, 11) is 0. The van der Waals surface area contributed by atoms with E-state index in [-0.39, 0.29) is 17.5 Å². The Balaban J connectivity index is -0.000000221. The van der Waals surface area contributed by atoms with Gasteiger partial charge in [0, 0.05) is 13.3 Å². The van der Waals surface area contributed by atoms with Crippen molar-refractivity contribution in [1.29, 1.82) is 10.5 Å². The van der Waals surface area contributed by atoms with E-state index in [1.54, 1.807) is 12.1 Å². The summed E-state index contributed by atoms with van der Waals surface area (Å²) in [5, 5.41) is 15.5. The second-order valence-corrected chi connectivity index (χ2v) is 2.88. The lowest BCUT2D eigenvalue weighted by Crippen LogP contribution is -1.96. The van der Waals surface area contributed by atoms with Crippen molar-refractivity contribution in [2.24, 2.45) is 0 Å². The van der Waals surface area contributed by atoms with Crippen LogP contribution in [0.5, 0.6) is 0 Å². The number of rotatable bonds is 4. The molecule has 0 aliphatic carbocycles. The molecule has 0 fully saturated rings. The fourth-order valence-corrected chi connectivity index (χ4v) is 0.498. The van der Waals surface area contributed by atoms with Crippen LogP contribution < -0.4 is 0 Å². The zero-order chi connectivity index (χ0) is 16.4. The molecule has 0 aromatic heterocycles. The van der Waals surface area contributed by atoms with Crippen LogP contribution in [0.4, 0.5) is 0 Å². The van der Waals surface area contributed by atoms with E-state index in [2.05, 4.69) is 29.2 Å². The van der Waals surface area contributed by atoms with Crippen LogP contribution in [0.15, 0.2) is 37.8 Å². The second kappa shape index (κ2) is 18.5. The van der Waals surface area contributed by atoms with Gasteiger partial charge in [-0.3, -0.25) is 9.59 Å². The van der Waals surface area contributed by atoms with Crippen LogP contribution in [0, 0.1) is 22.7 Å². The smallest absolute Gasteiger partial charge is 0.310 e. The standard InChI is InChI=1S/C6H10O2.C4H2N2.C4H6O2/c1-3-5-6(7)8-4-2;1-4(2-5)3-6;1-3-6-4(2)5/h4H,2-3,5H2,1H3;1H2;3H,1H2,2H3. The molecule has 0 aliphatic heterocycles. The summed E-state index contributed by atoms with van der Waals surface area (Å²) in [5.74, 6) is -0.535. The molecule has 0 rings (SSSR count). The van der Waals surface area contributed by atoms with Crippen LogP contribution in [-0.2, 0) is 19.1 Å². The van der Waals surface area contributed by atoms with Crippen molar-refractivity contribution >= 4 is 11.9 Å². The quantitative estimate of drug-likeness (QED) is 0.445. The van der Waals surface area contributed by atoms with Gasteiger partial charge in [0.2, 0.25) is 0 Å². The molecule has 108 valence electrons. The van der Waals surface area contributed by atoms with Crippen molar-refractivity contribution in [3.05, 3.63) is 37.8 Å². The van der Waals surface area contributed by atoms with Gasteiger partial charge in [-0.1, -0.05) is 26.7 Å². The number of nitriles is 2. The van der Waals surface area contributed by atoms with Crippen molar-refractivity contribution in [3.8, 4) is 12.1 Å². The van der Waals surface area contributed by atoms with Crippen LogP contribution in [-0.4, -0.2) is 11.9 Å². The molecule has 0 amide bonds. The van der Waals surface area contributed by atoms with Gasteiger partial charge in [0.25, 0.3) is 0 Å². The first-order valence-corrected chi connectivity index (χ1v) is 5.47. The molecule has 0 aliphatic rings. The van der Waals surface area contributed by atoms with E-state index in [1.165, 1.54) is 6.92 Å². The van der Waals surface area contributed by atoms with Gasteiger partial charge < -0.3 is 9.47 Å². The third kappa shape index (κ3) is 29.4.